The number of carbonyl (C=O) groups is 1. The molecule has 0 atom stereocenters. The minimum atomic E-state index is -1.09. The molecule has 0 spiro atoms. The van der Waals surface area contributed by atoms with Crippen LogP contribution in [0.25, 0.3) is 11.0 Å². The molecule has 0 radical (unpaired) electrons. The SMILES string of the molecule is CC(C)Oc1ccc2c(C(=O)Nc3ccc(F)c(F)c3)cc(=O)oc2c1. The number of fused-ring (bicyclic) bond motifs is 1. The van der Waals surface area contributed by atoms with Gasteiger partial charge < -0.3 is 14.5 Å². The number of rotatable bonds is 4. The standard InChI is InChI=1S/C19H15F2NO4/c1-10(2)25-12-4-5-13-14(9-18(23)26-17(13)8-12)19(24)22-11-3-6-15(20)16(21)7-11/h3-10H,1-2H3,(H,22,24). The predicted octanol–water partition coefficient (Wildman–Crippen LogP) is 4.11. The summed E-state index contributed by atoms with van der Waals surface area (Å²) in [6.07, 6.45) is -0.0703. The van der Waals surface area contributed by atoms with Crippen LogP contribution in [0.3, 0.4) is 0 Å². The summed E-state index contributed by atoms with van der Waals surface area (Å²) in [5.74, 6) is -2.26. The molecule has 0 unspecified atom stereocenters. The molecule has 134 valence electrons. The molecular weight excluding hydrogens is 344 g/mol. The maximum atomic E-state index is 13.3. The van der Waals surface area contributed by atoms with Crippen LogP contribution in [0.15, 0.2) is 51.7 Å². The van der Waals surface area contributed by atoms with Gasteiger partial charge in [0.2, 0.25) is 0 Å². The molecule has 0 aliphatic rings. The maximum absolute atomic E-state index is 13.3. The molecule has 0 saturated carbocycles. The van der Waals surface area contributed by atoms with E-state index in [1.165, 1.54) is 12.1 Å². The highest BCUT2D eigenvalue weighted by Gasteiger charge is 2.15. The Morgan fingerprint density at radius 3 is 2.54 bits per heavy atom. The summed E-state index contributed by atoms with van der Waals surface area (Å²) >= 11 is 0. The molecule has 3 aromatic rings. The van der Waals surface area contributed by atoms with Gasteiger partial charge in [-0.25, -0.2) is 13.6 Å². The quantitative estimate of drug-likeness (QED) is 0.712. The summed E-state index contributed by atoms with van der Waals surface area (Å²) in [7, 11) is 0. The lowest BCUT2D eigenvalue weighted by molar-refractivity contribution is 0.102. The Labute approximate surface area is 147 Å². The van der Waals surface area contributed by atoms with E-state index < -0.39 is 23.2 Å². The van der Waals surface area contributed by atoms with E-state index in [2.05, 4.69) is 5.32 Å². The van der Waals surface area contributed by atoms with E-state index >= 15 is 0 Å². The fraction of sp³-hybridized carbons (Fsp3) is 0.158. The zero-order valence-corrected chi connectivity index (χ0v) is 14.0. The highest BCUT2D eigenvalue weighted by atomic mass is 19.2. The van der Waals surface area contributed by atoms with Crippen LogP contribution < -0.4 is 15.7 Å². The van der Waals surface area contributed by atoms with Crippen molar-refractivity contribution in [3.05, 3.63) is 70.1 Å². The fourth-order valence-electron chi connectivity index (χ4n) is 2.45. The molecule has 1 aromatic heterocycles. The number of amides is 1. The second-order valence-corrected chi connectivity index (χ2v) is 5.89. The third kappa shape index (κ3) is 3.72. The fourth-order valence-corrected chi connectivity index (χ4v) is 2.45. The number of anilines is 1. The largest absolute Gasteiger partial charge is 0.491 e. The molecule has 26 heavy (non-hydrogen) atoms. The van der Waals surface area contributed by atoms with Gasteiger partial charge in [-0.2, -0.15) is 0 Å². The normalized spacial score (nSPS) is 11.0. The lowest BCUT2D eigenvalue weighted by Crippen LogP contribution is -2.15. The van der Waals surface area contributed by atoms with Crippen LogP contribution in [0.2, 0.25) is 0 Å². The number of carbonyl (C=O) groups excluding carboxylic acids is 1. The van der Waals surface area contributed by atoms with E-state index in [0.717, 1.165) is 18.2 Å². The van der Waals surface area contributed by atoms with Gasteiger partial charge in [-0.1, -0.05) is 0 Å². The van der Waals surface area contributed by atoms with Crippen molar-refractivity contribution in [2.24, 2.45) is 0 Å². The monoisotopic (exact) mass is 359 g/mol. The van der Waals surface area contributed by atoms with Gasteiger partial charge in [0.15, 0.2) is 11.6 Å². The zero-order chi connectivity index (χ0) is 18.8. The molecule has 1 N–H and O–H groups in total. The van der Waals surface area contributed by atoms with Crippen LogP contribution >= 0.6 is 0 Å². The molecule has 0 fully saturated rings. The van der Waals surface area contributed by atoms with Gasteiger partial charge in [-0.3, -0.25) is 4.79 Å². The van der Waals surface area contributed by atoms with Gasteiger partial charge in [0.1, 0.15) is 11.3 Å². The molecule has 7 heteroatoms. The molecule has 0 aliphatic carbocycles. The summed E-state index contributed by atoms with van der Waals surface area (Å²) in [6.45, 7) is 3.71. The van der Waals surface area contributed by atoms with Gasteiger partial charge >= 0.3 is 5.63 Å². The molecular formula is C19H15F2NO4. The number of ether oxygens (including phenoxy) is 1. The Morgan fingerprint density at radius 2 is 1.85 bits per heavy atom. The number of benzene rings is 2. The third-order valence-electron chi connectivity index (χ3n) is 3.51. The number of hydrogen-bond donors (Lipinski definition) is 1. The lowest BCUT2D eigenvalue weighted by Gasteiger charge is -2.11. The van der Waals surface area contributed by atoms with Crippen molar-refractivity contribution in [1.82, 2.24) is 0 Å². The van der Waals surface area contributed by atoms with Gasteiger partial charge in [0.25, 0.3) is 5.91 Å². The highest BCUT2D eigenvalue weighted by molar-refractivity contribution is 6.12. The summed E-state index contributed by atoms with van der Waals surface area (Å²) in [4.78, 5) is 24.3. The van der Waals surface area contributed by atoms with Gasteiger partial charge in [-0.05, 0) is 38.1 Å². The molecule has 0 saturated heterocycles. The smallest absolute Gasteiger partial charge is 0.337 e. The van der Waals surface area contributed by atoms with E-state index in [1.807, 2.05) is 13.8 Å². The van der Waals surface area contributed by atoms with Gasteiger partial charge in [0, 0.05) is 29.3 Å². The van der Waals surface area contributed by atoms with Crippen molar-refractivity contribution < 1.29 is 22.7 Å². The first-order chi connectivity index (χ1) is 12.3. The number of nitrogens with one attached hydrogen (secondary N) is 1. The van der Waals surface area contributed by atoms with E-state index in [1.54, 1.807) is 12.1 Å². The number of hydrogen-bond acceptors (Lipinski definition) is 4. The molecule has 1 amide bonds. The Balaban J connectivity index is 1.99. The van der Waals surface area contributed by atoms with Gasteiger partial charge in [0.05, 0.1) is 11.7 Å². The van der Waals surface area contributed by atoms with Crippen LogP contribution in [0, 0.1) is 11.6 Å². The third-order valence-corrected chi connectivity index (χ3v) is 3.51. The first-order valence-corrected chi connectivity index (χ1v) is 7.84. The molecule has 3 rings (SSSR count). The van der Waals surface area contributed by atoms with Crippen molar-refractivity contribution in [2.75, 3.05) is 5.32 Å². The molecule has 1 heterocycles. The molecule has 5 nitrogen and oxygen atoms in total. The minimum Gasteiger partial charge on any atom is -0.491 e. The van der Waals surface area contributed by atoms with Crippen molar-refractivity contribution in [3.63, 3.8) is 0 Å². The molecule has 0 aliphatic heterocycles. The molecule has 0 bridgehead atoms. The minimum absolute atomic E-state index is 0.0529. The Bertz CT molecular complexity index is 1040. The highest BCUT2D eigenvalue weighted by Crippen LogP contribution is 2.24. The lowest BCUT2D eigenvalue weighted by atomic mass is 10.1. The first kappa shape index (κ1) is 17.6. The van der Waals surface area contributed by atoms with Crippen LogP contribution in [0.1, 0.15) is 24.2 Å². The van der Waals surface area contributed by atoms with E-state index in [4.69, 9.17) is 9.15 Å². The van der Waals surface area contributed by atoms with Gasteiger partial charge in [-0.15, -0.1) is 0 Å². The van der Waals surface area contributed by atoms with Crippen molar-refractivity contribution >= 4 is 22.6 Å². The van der Waals surface area contributed by atoms with Crippen LogP contribution in [0.5, 0.6) is 5.75 Å². The average molecular weight is 359 g/mol. The molecule has 2 aromatic carbocycles. The Hall–Kier alpha value is -3.22. The van der Waals surface area contributed by atoms with Crippen molar-refractivity contribution in [1.29, 1.82) is 0 Å². The summed E-state index contributed by atoms with van der Waals surface area (Å²) in [5, 5.41) is 2.82. The van der Waals surface area contributed by atoms with E-state index in [0.29, 0.717) is 11.1 Å². The van der Waals surface area contributed by atoms with E-state index in [-0.39, 0.29) is 22.9 Å². The van der Waals surface area contributed by atoms with Crippen LogP contribution in [-0.4, -0.2) is 12.0 Å². The summed E-state index contributed by atoms with van der Waals surface area (Å²) < 4.78 is 37.0. The second-order valence-electron chi connectivity index (χ2n) is 5.89. The average Bonchev–Trinajstić information content (AvgIpc) is 2.56. The van der Waals surface area contributed by atoms with Crippen LogP contribution in [0.4, 0.5) is 14.5 Å². The van der Waals surface area contributed by atoms with Crippen LogP contribution in [-0.2, 0) is 0 Å². The second kappa shape index (κ2) is 6.95. The topological polar surface area (TPSA) is 68.5 Å². The maximum Gasteiger partial charge on any atom is 0.337 e. The Morgan fingerprint density at radius 1 is 1.08 bits per heavy atom. The van der Waals surface area contributed by atoms with Crippen molar-refractivity contribution in [3.8, 4) is 5.75 Å². The predicted molar refractivity (Wildman–Crippen MR) is 92.6 cm³/mol. The van der Waals surface area contributed by atoms with E-state index in [9.17, 15) is 18.4 Å². The first-order valence-electron chi connectivity index (χ1n) is 7.84. The zero-order valence-electron chi connectivity index (χ0n) is 14.0. The summed E-state index contributed by atoms with van der Waals surface area (Å²) in [6, 6.07) is 8.78. The van der Waals surface area contributed by atoms with Crippen molar-refractivity contribution in [2.45, 2.75) is 20.0 Å². The summed E-state index contributed by atoms with van der Waals surface area (Å²) in [5.41, 5.74) is -0.409. The number of halogens is 2. The Kier molecular flexibility index (Phi) is 4.71.